The highest BCUT2D eigenvalue weighted by Gasteiger charge is 2.29. The topological polar surface area (TPSA) is 38.7 Å². The molecule has 1 N–H and O–H groups in total. The Morgan fingerprint density at radius 1 is 0.893 bits per heavy atom. The van der Waals surface area contributed by atoms with E-state index >= 15 is 0 Å². The molecule has 3 atom stereocenters. The first-order valence-corrected chi connectivity index (χ1v) is 11.5. The lowest BCUT2D eigenvalue weighted by Crippen LogP contribution is -2.39. The van der Waals surface area contributed by atoms with Crippen molar-refractivity contribution in [3.63, 3.8) is 0 Å². The van der Waals surface area contributed by atoms with E-state index in [-0.39, 0.29) is 12.4 Å². The molecule has 1 fully saturated rings. The van der Waals surface area contributed by atoms with Crippen LogP contribution in [0.15, 0.2) is 42.5 Å². The van der Waals surface area contributed by atoms with E-state index in [1.807, 2.05) is 36.4 Å². The van der Waals surface area contributed by atoms with Crippen molar-refractivity contribution in [3.8, 4) is 0 Å². The SMILES string of the molecule is CCCCCCCCCCCCC/C=C/[C@H]1O[C@@H](c2ccccc2)OC[C@H]1O. The summed E-state index contributed by atoms with van der Waals surface area (Å²) >= 11 is 0. The van der Waals surface area contributed by atoms with Crippen molar-refractivity contribution >= 4 is 0 Å². The van der Waals surface area contributed by atoms with Gasteiger partial charge in [-0.1, -0.05) is 114 Å². The van der Waals surface area contributed by atoms with Crippen molar-refractivity contribution in [3.05, 3.63) is 48.0 Å². The fraction of sp³-hybridized carbons (Fsp3) is 0.680. The number of aliphatic hydroxyl groups is 1. The monoisotopic (exact) mass is 388 g/mol. The van der Waals surface area contributed by atoms with Crippen molar-refractivity contribution in [2.24, 2.45) is 0 Å². The third-order valence-corrected chi connectivity index (χ3v) is 5.45. The standard InChI is InChI=1S/C25H40O3/c1-2-3-4-5-6-7-8-9-10-11-12-13-17-20-24-23(26)21-27-25(28-24)22-18-15-14-16-19-22/h14-20,23-26H,2-13,21H2,1H3/b20-17+/t23-,24-,25+/m1/s1. The van der Waals surface area contributed by atoms with Crippen LogP contribution in [0, 0.1) is 0 Å². The Morgan fingerprint density at radius 2 is 1.50 bits per heavy atom. The Labute approximate surface area is 172 Å². The third kappa shape index (κ3) is 9.36. The van der Waals surface area contributed by atoms with Gasteiger partial charge in [0.1, 0.15) is 12.2 Å². The van der Waals surface area contributed by atoms with Crippen molar-refractivity contribution in [1.29, 1.82) is 0 Å². The molecule has 1 heterocycles. The second-order valence-corrected chi connectivity index (χ2v) is 8.00. The van der Waals surface area contributed by atoms with Crippen molar-refractivity contribution in [2.75, 3.05) is 6.61 Å². The van der Waals surface area contributed by atoms with Crippen molar-refractivity contribution in [1.82, 2.24) is 0 Å². The molecule has 3 heteroatoms. The zero-order valence-electron chi connectivity index (χ0n) is 17.7. The molecular weight excluding hydrogens is 348 g/mol. The highest BCUT2D eigenvalue weighted by atomic mass is 16.7. The van der Waals surface area contributed by atoms with Crippen LogP contribution in [0.4, 0.5) is 0 Å². The van der Waals surface area contributed by atoms with Gasteiger partial charge in [-0.15, -0.1) is 0 Å². The molecule has 1 aliphatic heterocycles. The molecule has 0 spiro atoms. The van der Waals surface area contributed by atoms with Gasteiger partial charge in [-0.25, -0.2) is 0 Å². The molecule has 1 aromatic carbocycles. The smallest absolute Gasteiger partial charge is 0.184 e. The van der Waals surface area contributed by atoms with Crippen LogP contribution in [0.25, 0.3) is 0 Å². The van der Waals surface area contributed by atoms with Crippen LogP contribution in [0.5, 0.6) is 0 Å². The molecule has 28 heavy (non-hydrogen) atoms. The lowest BCUT2D eigenvalue weighted by molar-refractivity contribution is -0.243. The Morgan fingerprint density at radius 3 is 2.14 bits per heavy atom. The van der Waals surface area contributed by atoms with E-state index in [9.17, 15) is 5.11 Å². The maximum Gasteiger partial charge on any atom is 0.184 e. The number of aliphatic hydroxyl groups excluding tert-OH is 1. The molecule has 1 aliphatic rings. The predicted molar refractivity (Wildman–Crippen MR) is 116 cm³/mol. The average molecular weight is 389 g/mol. The van der Waals surface area contributed by atoms with Gasteiger partial charge < -0.3 is 14.6 Å². The molecule has 3 nitrogen and oxygen atoms in total. The van der Waals surface area contributed by atoms with Crippen molar-refractivity contribution in [2.45, 2.75) is 102 Å². The molecule has 0 aliphatic carbocycles. The highest BCUT2D eigenvalue weighted by Crippen LogP contribution is 2.27. The van der Waals surface area contributed by atoms with Gasteiger partial charge in [-0.05, 0) is 12.8 Å². The van der Waals surface area contributed by atoms with Crippen LogP contribution in [-0.4, -0.2) is 23.9 Å². The summed E-state index contributed by atoms with van der Waals surface area (Å²) in [5.41, 5.74) is 0.998. The lowest BCUT2D eigenvalue weighted by atomic mass is 10.0. The van der Waals surface area contributed by atoms with E-state index in [2.05, 4.69) is 13.0 Å². The zero-order valence-corrected chi connectivity index (χ0v) is 17.7. The summed E-state index contributed by atoms with van der Waals surface area (Å²) in [5.74, 6) is 0. The number of rotatable bonds is 14. The maximum absolute atomic E-state index is 10.1. The van der Waals surface area contributed by atoms with Gasteiger partial charge in [0.05, 0.1) is 6.61 Å². The molecule has 0 unspecified atom stereocenters. The van der Waals surface area contributed by atoms with Crippen LogP contribution in [0.2, 0.25) is 0 Å². The molecule has 0 amide bonds. The first-order chi connectivity index (χ1) is 13.8. The van der Waals surface area contributed by atoms with Gasteiger partial charge in [0.15, 0.2) is 6.29 Å². The van der Waals surface area contributed by atoms with Gasteiger partial charge in [-0.3, -0.25) is 0 Å². The van der Waals surface area contributed by atoms with Gasteiger partial charge in [-0.2, -0.15) is 0 Å². The maximum atomic E-state index is 10.1. The number of unbranched alkanes of at least 4 members (excludes halogenated alkanes) is 11. The van der Waals surface area contributed by atoms with Gasteiger partial charge >= 0.3 is 0 Å². The van der Waals surface area contributed by atoms with E-state index < -0.39 is 6.10 Å². The molecule has 0 aromatic heterocycles. The number of hydrogen-bond acceptors (Lipinski definition) is 3. The molecule has 0 radical (unpaired) electrons. The summed E-state index contributed by atoms with van der Waals surface area (Å²) in [4.78, 5) is 0. The predicted octanol–water partition coefficient (Wildman–Crippen LogP) is 6.72. The van der Waals surface area contributed by atoms with Crippen molar-refractivity contribution < 1.29 is 14.6 Å². The normalized spacial score (nSPS) is 22.7. The van der Waals surface area contributed by atoms with E-state index in [0.29, 0.717) is 6.61 Å². The molecule has 1 aromatic rings. The quantitative estimate of drug-likeness (QED) is 0.284. The van der Waals surface area contributed by atoms with E-state index in [4.69, 9.17) is 9.47 Å². The Balaban J connectivity index is 1.51. The summed E-state index contributed by atoms with van der Waals surface area (Å²) < 4.78 is 11.6. The lowest BCUT2D eigenvalue weighted by Gasteiger charge is -2.32. The first kappa shape index (κ1) is 23.1. The van der Waals surface area contributed by atoms with Crippen LogP contribution < -0.4 is 0 Å². The average Bonchev–Trinajstić information content (AvgIpc) is 2.73. The van der Waals surface area contributed by atoms with Crippen LogP contribution in [0.1, 0.15) is 95.8 Å². The molecule has 158 valence electrons. The number of allylic oxidation sites excluding steroid dienone is 1. The number of benzene rings is 1. The Kier molecular flexibility index (Phi) is 12.2. The minimum Gasteiger partial charge on any atom is -0.388 e. The fourth-order valence-corrected chi connectivity index (χ4v) is 3.67. The molecule has 1 saturated heterocycles. The number of ether oxygens (including phenoxy) is 2. The van der Waals surface area contributed by atoms with E-state index in [1.165, 1.54) is 70.6 Å². The minimum atomic E-state index is -0.589. The first-order valence-electron chi connectivity index (χ1n) is 11.5. The Bertz CT molecular complexity index is 514. The summed E-state index contributed by atoms with van der Waals surface area (Å²) in [6.07, 6.45) is 19.0. The minimum absolute atomic E-state index is 0.285. The van der Waals surface area contributed by atoms with Gasteiger partial charge in [0.2, 0.25) is 0 Å². The summed E-state index contributed by atoms with van der Waals surface area (Å²) in [6, 6.07) is 9.92. The molecule has 2 rings (SSSR count). The van der Waals surface area contributed by atoms with Gasteiger partial charge in [0, 0.05) is 5.56 Å². The molecule has 0 bridgehead atoms. The summed E-state index contributed by atoms with van der Waals surface area (Å²) in [5, 5.41) is 10.1. The van der Waals surface area contributed by atoms with Crippen LogP contribution in [0.3, 0.4) is 0 Å². The summed E-state index contributed by atoms with van der Waals surface area (Å²) in [6.45, 7) is 2.59. The molecule has 0 saturated carbocycles. The Hall–Kier alpha value is -1.16. The highest BCUT2D eigenvalue weighted by molar-refractivity contribution is 5.16. The number of hydrogen-bond donors (Lipinski definition) is 1. The van der Waals surface area contributed by atoms with E-state index in [0.717, 1.165) is 12.0 Å². The second-order valence-electron chi connectivity index (χ2n) is 8.00. The molecular formula is C25H40O3. The summed E-state index contributed by atoms with van der Waals surface area (Å²) in [7, 11) is 0. The van der Waals surface area contributed by atoms with Crippen LogP contribution in [-0.2, 0) is 9.47 Å². The van der Waals surface area contributed by atoms with Gasteiger partial charge in [0.25, 0.3) is 0 Å². The second kappa shape index (κ2) is 14.8. The van der Waals surface area contributed by atoms with Crippen LogP contribution >= 0.6 is 0 Å². The fourth-order valence-electron chi connectivity index (χ4n) is 3.67. The third-order valence-electron chi connectivity index (χ3n) is 5.45. The van der Waals surface area contributed by atoms with E-state index in [1.54, 1.807) is 0 Å². The zero-order chi connectivity index (χ0) is 19.9. The largest absolute Gasteiger partial charge is 0.388 e.